The van der Waals surface area contributed by atoms with Gasteiger partial charge < -0.3 is 4.90 Å². The van der Waals surface area contributed by atoms with Crippen LogP contribution in [0, 0.1) is 0 Å². The molecule has 0 unspecified atom stereocenters. The van der Waals surface area contributed by atoms with Crippen LogP contribution in [0.25, 0.3) is 6.08 Å². The molecule has 2 aromatic rings. The van der Waals surface area contributed by atoms with Crippen molar-refractivity contribution in [2.45, 2.75) is 26.2 Å². The Labute approximate surface area is 152 Å². The molecule has 3 rings (SSSR count). The third-order valence-corrected chi connectivity index (χ3v) is 4.46. The highest BCUT2D eigenvalue weighted by atomic mass is 16.2. The summed E-state index contributed by atoms with van der Waals surface area (Å²) >= 11 is 0. The van der Waals surface area contributed by atoms with Gasteiger partial charge in [0.05, 0.1) is 5.57 Å². The van der Waals surface area contributed by atoms with Crippen molar-refractivity contribution in [1.82, 2.24) is 14.5 Å². The van der Waals surface area contributed by atoms with Crippen molar-refractivity contribution >= 4 is 23.7 Å². The fourth-order valence-corrected chi connectivity index (χ4v) is 3.00. The van der Waals surface area contributed by atoms with Gasteiger partial charge in [-0.25, -0.2) is 4.98 Å². The average Bonchev–Trinajstić information content (AvgIpc) is 3.21. The van der Waals surface area contributed by atoms with E-state index in [4.69, 9.17) is 0 Å². The summed E-state index contributed by atoms with van der Waals surface area (Å²) in [5, 5.41) is 0. The van der Waals surface area contributed by atoms with Gasteiger partial charge >= 0.3 is 0 Å². The van der Waals surface area contributed by atoms with E-state index in [0.29, 0.717) is 24.2 Å². The second-order valence-corrected chi connectivity index (χ2v) is 6.36. The highest BCUT2D eigenvalue weighted by molar-refractivity contribution is 6.21. The van der Waals surface area contributed by atoms with E-state index >= 15 is 0 Å². The normalized spacial score (nSPS) is 15.0. The number of carbonyl (C=O) groups is 3. The molecule has 6 heteroatoms. The van der Waals surface area contributed by atoms with Crippen LogP contribution in [0.1, 0.15) is 42.1 Å². The van der Waals surface area contributed by atoms with Crippen LogP contribution in [0.5, 0.6) is 0 Å². The van der Waals surface area contributed by atoms with Gasteiger partial charge in [0.25, 0.3) is 11.8 Å². The lowest BCUT2D eigenvalue weighted by Gasteiger charge is -2.27. The number of ketones is 1. The predicted octanol–water partition coefficient (Wildman–Crippen LogP) is 2.56. The van der Waals surface area contributed by atoms with Crippen LogP contribution in [-0.2, 0) is 9.59 Å². The number of likely N-dealkylation sites (tertiary alicyclic amines) is 1. The molecule has 1 saturated heterocycles. The third kappa shape index (κ3) is 3.96. The fraction of sp³-hybridized carbons (Fsp3) is 0.300. The van der Waals surface area contributed by atoms with E-state index in [2.05, 4.69) is 4.98 Å². The summed E-state index contributed by atoms with van der Waals surface area (Å²) in [6.45, 7) is 2.80. The lowest BCUT2D eigenvalue weighted by atomic mass is 10.0. The Kier molecular flexibility index (Phi) is 5.41. The van der Waals surface area contributed by atoms with Gasteiger partial charge in [-0.15, -0.1) is 0 Å². The van der Waals surface area contributed by atoms with Gasteiger partial charge in [-0.1, -0.05) is 12.1 Å². The first-order valence-electron chi connectivity index (χ1n) is 8.71. The molecular weight excluding hydrogens is 330 g/mol. The van der Waals surface area contributed by atoms with Gasteiger partial charge in [0.1, 0.15) is 6.33 Å². The Bertz CT molecular complexity index is 830. The number of aromatic nitrogens is 2. The molecule has 134 valence electrons. The number of nitrogens with zero attached hydrogens (tertiary/aromatic N) is 3. The molecule has 0 radical (unpaired) electrons. The van der Waals surface area contributed by atoms with Crippen LogP contribution in [0.4, 0.5) is 0 Å². The molecule has 1 aromatic heterocycles. The highest BCUT2D eigenvalue weighted by Gasteiger charge is 2.23. The maximum Gasteiger partial charge on any atom is 0.263 e. The summed E-state index contributed by atoms with van der Waals surface area (Å²) < 4.78 is 1.39. The summed E-state index contributed by atoms with van der Waals surface area (Å²) in [7, 11) is 0. The molecular formula is C20H21N3O3. The molecule has 1 aliphatic rings. The lowest BCUT2D eigenvalue weighted by Crippen LogP contribution is -2.37. The monoisotopic (exact) mass is 351 g/mol. The first-order chi connectivity index (χ1) is 12.6. The topological polar surface area (TPSA) is 72.3 Å². The van der Waals surface area contributed by atoms with E-state index in [1.807, 2.05) is 0 Å². The molecule has 1 fully saturated rings. The quantitative estimate of drug-likeness (QED) is 0.482. The zero-order chi connectivity index (χ0) is 18.5. The van der Waals surface area contributed by atoms with Crippen LogP contribution in [0.15, 0.2) is 48.6 Å². The van der Waals surface area contributed by atoms with Gasteiger partial charge in [0.2, 0.25) is 0 Å². The zero-order valence-corrected chi connectivity index (χ0v) is 14.7. The van der Waals surface area contributed by atoms with Gasteiger partial charge in [-0.2, -0.15) is 0 Å². The van der Waals surface area contributed by atoms with Crippen LogP contribution >= 0.6 is 0 Å². The summed E-state index contributed by atoms with van der Waals surface area (Å²) in [6.07, 6.45) is 9.24. The minimum atomic E-state index is -0.251. The van der Waals surface area contributed by atoms with E-state index in [0.717, 1.165) is 19.3 Å². The number of Topliss-reactive ketones (excluding diaryl/α,β-unsaturated/α-hetero) is 1. The molecule has 1 aromatic carbocycles. The van der Waals surface area contributed by atoms with Crippen molar-refractivity contribution in [3.63, 3.8) is 0 Å². The standard InChI is InChI=1S/C20H21N3O3/c1-15(24)18(20(26)22-10-3-2-4-11-22)13-16-5-7-17(8-6-16)19(25)23-12-9-21-14-23/h5-9,12-14H,2-4,10-11H2,1H3/b18-13+. The molecule has 0 N–H and O–H groups in total. The predicted molar refractivity (Wildman–Crippen MR) is 97.5 cm³/mol. The van der Waals surface area contributed by atoms with Crippen molar-refractivity contribution in [2.24, 2.45) is 0 Å². The maximum atomic E-state index is 12.6. The SMILES string of the molecule is CC(=O)/C(=C\c1ccc(C(=O)n2ccnc2)cc1)C(=O)N1CCCCC1. The highest BCUT2D eigenvalue weighted by Crippen LogP contribution is 2.16. The largest absolute Gasteiger partial charge is 0.339 e. The molecule has 0 spiro atoms. The lowest BCUT2D eigenvalue weighted by molar-refractivity contribution is -0.130. The Morgan fingerprint density at radius 3 is 2.31 bits per heavy atom. The van der Waals surface area contributed by atoms with E-state index in [1.165, 1.54) is 17.8 Å². The molecule has 0 saturated carbocycles. The number of rotatable bonds is 4. The van der Waals surface area contributed by atoms with E-state index in [-0.39, 0.29) is 23.2 Å². The first kappa shape index (κ1) is 17.8. The average molecular weight is 351 g/mol. The molecule has 1 aliphatic heterocycles. The Morgan fingerprint density at radius 2 is 1.73 bits per heavy atom. The Morgan fingerprint density at radius 1 is 1.04 bits per heavy atom. The fourth-order valence-electron chi connectivity index (χ4n) is 3.00. The molecule has 0 bridgehead atoms. The summed E-state index contributed by atoms with van der Waals surface area (Å²) in [6, 6.07) is 6.82. The Balaban J connectivity index is 1.80. The number of hydrogen-bond donors (Lipinski definition) is 0. The summed E-state index contributed by atoms with van der Waals surface area (Å²) in [4.78, 5) is 42.5. The van der Waals surface area contributed by atoms with Crippen molar-refractivity contribution in [3.8, 4) is 0 Å². The zero-order valence-electron chi connectivity index (χ0n) is 14.7. The van der Waals surface area contributed by atoms with E-state index < -0.39 is 0 Å². The molecule has 1 amide bonds. The maximum absolute atomic E-state index is 12.6. The van der Waals surface area contributed by atoms with Gasteiger partial charge in [-0.05, 0) is 50.0 Å². The molecule has 6 nitrogen and oxygen atoms in total. The van der Waals surface area contributed by atoms with E-state index in [9.17, 15) is 14.4 Å². The Hall–Kier alpha value is -3.02. The van der Waals surface area contributed by atoms with E-state index in [1.54, 1.807) is 47.6 Å². The van der Waals surface area contributed by atoms with Crippen molar-refractivity contribution in [1.29, 1.82) is 0 Å². The number of piperidine rings is 1. The number of benzene rings is 1. The molecule has 2 heterocycles. The third-order valence-electron chi connectivity index (χ3n) is 4.46. The minimum Gasteiger partial charge on any atom is -0.339 e. The second kappa shape index (κ2) is 7.91. The van der Waals surface area contributed by atoms with Crippen molar-refractivity contribution in [3.05, 3.63) is 59.7 Å². The van der Waals surface area contributed by atoms with Gasteiger partial charge in [0, 0.05) is 31.0 Å². The van der Waals surface area contributed by atoms with Crippen LogP contribution in [0.3, 0.4) is 0 Å². The van der Waals surface area contributed by atoms with Crippen LogP contribution in [0.2, 0.25) is 0 Å². The van der Waals surface area contributed by atoms with Gasteiger partial charge in [-0.3, -0.25) is 19.0 Å². The molecule has 0 aliphatic carbocycles. The second-order valence-electron chi connectivity index (χ2n) is 6.36. The summed E-state index contributed by atoms with van der Waals surface area (Å²) in [5.41, 5.74) is 1.40. The minimum absolute atomic E-state index is 0.181. The number of carbonyl (C=O) groups excluding carboxylic acids is 3. The van der Waals surface area contributed by atoms with Crippen molar-refractivity contribution in [2.75, 3.05) is 13.1 Å². The number of hydrogen-bond acceptors (Lipinski definition) is 4. The summed E-state index contributed by atoms with van der Waals surface area (Å²) in [5.74, 6) is -0.649. The van der Waals surface area contributed by atoms with Crippen LogP contribution in [-0.4, -0.2) is 45.1 Å². The number of imidazole rings is 1. The number of amides is 1. The van der Waals surface area contributed by atoms with Crippen LogP contribution < -0.4 is 0 Å². The van der Waals surface area contributed by atoms with Crippen molar-refractivity contribution < 1.29 is 14.4 Å². The smallest absolute Gasteiger partial charge is 0.263 e. The molecule has 26 heavy (non-hydrogen) atoms. The van der Waals surface area contributed by atoms with Gasteiger partial charge in [0.15, 0.2) is 5.78 Å². The first-order valence-corrected chi connectivity index (χ1v) is 8.71. The molecule has 0 atom stereocenters.